The van der Waals surface area contributed by atoms with Crippen LogP contribution in [0.1, 0.15) is 39.2 Å². The van der Waals surface area contributed by atoms with Crippen LogP contribution in [0.2, 0.25) is 0 Å². The molecule has 0 bridgehead atoms. The summed E-state index contributed by atoms with van der Waals surface area (Å²) in [5, 5.41) is 0. The highest BCUT2D eigenvalue weighted by Gasteiger charge is 2.32. The Morgan fingerprint density at radius 2 is 2.04 bits per heavy atom. The maximum atomic E-state index is 13.1. The van der Waals surface area contributed by atoms with Gasteiger partial charge in [-0.05, 0) is 80.1 Å². The maximum Gasteiger partial charge on any atom is 0.410 e. The summed E-state index contributed by atoms with van der Waals surface area (Å²) in [5.74, 6) is 0.0790. The van der Waals surface area contributed by atoms with E-state index in [1.807, 2.05) is 33.8 Å². The number of amides is 1. The first-order valence-corrected chi connectivity index (χ1v) is 11.3. The summed E-state index contributed by atoms with van der Waals surface area (Å²) in [6, 6.07) is 5.26. The zero-order chi connectivity index (χ0) is 20.4. The molecule has 6 nitrogen and oxygen atoms in total. The van der Waals surface area contributed by atoms with Crippen molar-refractivity contribution < 1.29 is 17.9 Å². The first kappa shape index (κ1) is 22.2. The van der Waals surface area contributed by atoms with E-state index in [9.17, 15) is 13.2 Å². The third-order valence-corrected chi connectivity index (χ3v) is 7.27. The van der Waals surface area contributed by atoms with Gasteiger partial charge in [-0.15, -0.1) is 0 Å². The van der Waals surface area contributed by atoms with Crippen LogP contribution >= 0.6 is 15.9 Å². The highest BCUT2D eigenvalue weighted by molar-refractivity contribution is 9.10. The molecule has 1 aromatic rings. The number of hydrogen-bond acceptors (Lipinski definition) is 4. The molecule has 1 unspecified atom stereocenters. The molecule has 1 atom stereocenters. The number of benzene rings is 1. The van der Waals surface area contributed by atoms with Gasteiger partial charge in [0.2, 0.25) is 10.0 Å². The van der Waals surface area contributed by atoms with Crippen LogP contribution in [0.25, 0.3) is 0 Å². The van der Waals surface area contributed by atoms with E-state index in [-0.39, 0.29) is 16.9 Å². The Balaban J connectivity index is 2.08. The van der Waals surface area contributed by atoms with Crippen molar-refractivity contribution in [3.8, 4) is 0 Å². The molecular weight excluding hydrogens is 432 g/mol. The molecule has 27 heavy (non-hydrogen) atoms. The molecule has 1 fully saturated rings. The van der Waals surface area contributed by atoms with Gasteiger partial charge in [-0.1, -0.05) is 6.07 Å². The monoisotopic (exact) mass is 460 g/mol. The second-order valence-electron chi connectivity index (χ2n) is 8.17. The van der Waals surface area contributed by atoms with E-state index in [1.54, 1.807) is 19.2 Å². The molecule has 1 aliphatic heterocycles. The first-order chi connectivity index (χ1) is 12.4. The normalized spacial score (nSPS) is 19.0. The quantitative estimate of drug-likeness (QED) is 0.679. The predicted molar refractivity (Wildman–Crippen MR) is 109 cm³/mol. The summed E-state index contributed by atoms with van der Waals surface area (Å²) >= 11 is 3.38. The van der Waals surface area contributed by atoms with Crippen LogP contribution in [-0.2, 0) is 14.8 Å². The number of sulfonamides is 1. The van der Waals surface area contributed by atoms with E-state index >= 15 is 0 Å². The Kier molecular flexibility index (Phi) is 6.97. The number of carbonyl (C=O) groups is 1. The van der Waals surface area contributed by atoms with E-state index in [0.29, 0.717) is 24.1 Å². The molecule has 152 valence electrons. The molecule has 0 aliphatic carbocycles. The van der Waals surface area contributed by atoms with E-state index < -0.39 is 15.6 Å². The number of rotatable bonds is 4. The van der Waals surface area contributed by atoms with Crippen LogP contribution in [0.5, 0.6) is 0 Å². The average molecular weight is 461 g/mol. The molecule has 1 aromatic carbocycles. The minimum Gasteiger partial charge on any atom is -0.444 e. The molecule has 1 saturated heterocycles. The number of aryl methyl sites for hydroxylation is 1. The van der Waals surface area contributed by atoms with Crippen molar-refractivity contribution in [1.82, 2.24) is 9.21 Å². The van der Waals surface area contributed by atoms with Gasteiger partial charge in [0.25, 0.3) is 0 Å². The lowest BCUT2D eigenvalue weighted by atomic mass is 9.99. The highest BCUT2D eigenvalue weighted by Crippen LogP contribution is 2.29. The first-order valence-electron chi connectivity index (χ1n) is 9.10. The Hall–Kier alpha value is -1.12. The molecule has 0 N–H and O–H groups in total. The van der Waals surface area contributed by atoms with E-state index in [4.69, 9.17) is 4.74 Å². The third-order valence-electron chi connectivity index (χ3n) is 4.42. The van der Waals surface area contributed by atoms with Crippen LogP contribution in [0.3, 0.4) is 0 Å². The van der Waals surface area contributed by atoms with Gasteiger partial charge in [-0.2, -0.15) is 4.31 Å². The van der Waals surface area contributed by atoms with Crippen LogP contribution in [0.15, 0.2) is 27.6 Å². The minimum atomic E-state index is -3.58. The Bertz CT molecular complexity index is 789. The van der Waals surface area contributed by atoms with Gasteiger partial charge in [-0.25, -0.2) is 13.2 Å². The zero-order valence-corrected chi connectivity index (χ0v) is 19.1. The molecule has 0 aromatic heterocycles. The topological polar surface area (TPSA) is 66.9 Å². The molecule has 8 heteroatoms. The second kappa shape index (κ2) is 8.49. The van der Waals surface area contributed by atoms with Gasteiger partial charge in [0.1, 0.15) is 5.60 Å². The van der Waals surface area contributed by atoms with Gasteiger partial charge in [0.05, 0.1) is 4.90 Å². The zero-order valence-electron chi connectivity index (χ0n) is 16.7. The summed E-state index contributed by atoms with van der Waals surface area (Å²) in [5.41, 5.74) is 0.446. The Morgan fingerprint density at radius 3 is 2.63 bits per heavy atom. The van der Waals surface area contributed by atoms with Gasteiger partial charge in [0, 0.05) is 31.2 Å². The fraction of sp³-hybridized carbons (Fsp3) is 0.632. The van der Waals surface area contributed by atoms with Crippen molar-refractivity contribution in [3.05, 3.63) is 28.2 Å². The molecule has 0 saturated carbocycles. The van der Waals surface area contributed by atoms with Crippen molar-refractivity contribution in [2.24, 2.45) is 5.92 Å². The lowest BCUT2D eigenvalue weighted by Crippen LogP contribution is -2.45. The van der Waals surface area contributed by atoms with Crippen molar-refractivity contribution >= 4 is 32.0 Å². The number of carbonyl (C=O) groups excluding carboxylic acids is 1. The SMILES string of the molecule is Cc1ccc(S(=O)(=O)N2CCCC(CN(C)C(=O)OC(C)(C)C)C2)c(Br)c1. The summed E-state index contributed by atoms with van der Waals surface area (Å²) in [4.78, 5) is 14.0. The standard InChI is InChI=1S/C19H29BrN2O4S/c1-14-8-9-17(16(20)11-14)27(24,25)22-10-6-7-15(13-22)12-21(5)18(23)26-19(2,3)4/h8-9,11,15H,6-7,10,12-13H2,1-5H3. The van der Waals surface area contributed by atoms with Gasteiger partial charge < -0.3 is 9.64 Å². The smallest absolute Gasteiger partial charge is 0.410 e. The Morgan fingerprint density at radius 1 is 1.37 bits per heavy atom. The van der Waals surface area contributed by atoms with Crippen molar-refractivity contribution in [3.63, 3.8) is 0 Å². The van der Waals surface area contributed by atoms with Crippen molar-refractivity contribution in [1.29, 1.82) is 0 Å². The average Bonchev–Trinajstić information content (AvgIpc) is 2.53. The summed E-state index contributed by atoms with van der Waals surface area (Å²) in [6.07, 6.45) is 1.27. The lowest BCUT2D eigenvalue weighted by Gasteiger charge is -2.34. The molecule has 1 aliphatic rings. The number of hydrogen-bond donors (Lipinski definition) is 0. The maximum absolute atomic E-state index is 13.1. The van der Waals surface area contributed by atoms with Gasteiger partial charge in [0.15, 0.2) is 0 Å². The lowest BCUT2D eigenvalue weighted by molar-refractivity contribution is 0.0258. The second-order valence-corrected chi connectivity index (χ2v) is 10.9. The van der Waals surface area contributed by atoms with Crippen LogP contribution in [-0.4, -0.2) is 56.0 Å². The van der Waals surface area contributed by atoms with Gasteiger partial charge >= 0.3 is 6.09 Å². The molecule has 1 heterocycles. The number of halogens is 1. The molecule has 1 amide bonds. The van der Waals surface area contributed by atoms with E-state index in [0.717, 1.165) is 18.4 Å². The van der Waals surface area contributed by atoms with Crippen molar-refractivity contribution in [2.75, 3.05) is 26.7 Å². The fourth-order valence-corrected chi connectivity index (χ4v) is 5.86. The largest absolute Gasteiger partial charge is 0.444 e. The Labute approximate surface area is 171 Å². The minimum absolute atomic E-state index is 0.0790. The summed E-state index contributed by atoms with van der Waals surface area (Å²) < 4.78 is 33.6. The molecule has 2 rings (SSSR count). The number of ether oxygens (including phenoxy) is 1. The van der Waals surface area contributed by atoms with Crippen LogP contribution in [0.4, 0.5) is 4.79 Å². The van der Waals surface area contributed by atoms with E-state index in [1.165, 1.54) is 9.21 Å². The molecule has 0 spiro atoms. The fourth-order valence-electron chi connectivity index (χ4n) is 3.15. The van der Waals surface area contributed by atoms with Crippen molar-refractivity contribution in [2.45, 2.75) is 51.0 Å². The van der Waals surface area contributed by atoms with E-state index in [2.05, 4.69) is 15.9 Å². The third kappa shape index (κ3) is 5.93. The highest BCUT2D eigenvalue weighted by atomic mass is 79.9. The number of piperidine rings is 1. The van der Waals surface area contributed by atoms with Crippen LogP contribution < -0.4 is 0 Å². The van der Waals surface area contributed by atoms with Gasteiger partial charge in [-0.3, -0.25) is 0 Å². The summed E-state index contributed by atoms with van der Waals surface area (Å²) in [6.45, 7) is 8.76. The number of nitrogens with zero attached hydrogens (tertiary/aromatic N) is 2. The molecule has 0 radical (unpaired) electrons. The predicted octanol–water partition coefficient (Wildman–Crippen LogP) is 4.03. The van der Waals surface area contributed by atoms with Crippen LogP contribution in [0, 0.1) is 12.8 Å². The molecular formula is C19H29BrN2O4S. The summed E-state index contributed by atoms with van der Waals surface area (Å²) in [7, 11) is -1.88.